The molecule has 1 nitrogen and oxygen atoms in total. The smallest absolute Gasteiger partial charge is 0.0689 e. The second-order valence-corrected chi connectivity index (χ2v) is 10.5. The first-order valence-electron chi connectivity index (χ1n) is 12.6. The van der Waals surface area contributed by atoms with Crippen LogP contribution in [0.2, 0.25) is 0 Å². The fourth-order valence-electron chi connectivity index (χ4n) is 6.93. The summed E-state index contributed by atoms with van der Waals surface area (Å²) in [6.45, 7) is 4.54. The average molecular weight is 372 g/mol. The minimum atomic E-state index is 0.0312. The van der Waals surface area contributed by atoms with E-state index in [1.807, 2.05) is 0 Å². The van der Waals surface area contributed by atoms with Gasteiger partial charge in [-0.25, -0.2) is 0 Å². The summed E-state index contributed by atoms with van der Waals surface area (Å²) < 4.78 is 0. The molecule has 0 unspecified atom stereocenters. The van der Waals surface area contributed by atoms with Crippen molar-refractivity contribution in [3.8, 4) is 6.07 Å². The van der Waals surface area contributed by atoms with Crippen molar-refractivity contribution >= 4 is 0 Å². The van der Waals surface area contributed by atoms with Crippen molar-refractivity contribution in [3.05, 3.63) is 0 Å². The largest absolute Gasteiger partial charge is 0.198 e. The van der Waals surface area contributed by atoms with Crippen molar-refractivity contribution in [1.29, 1.82) is 5.26 Å². The van der Waals surface area contributed by atoms with Crippen molar-refractivity contribution in [1.82, 2.24) is 0 Å². The molecule has 0 amide bonds. The normalized spacial score (nSPS) is 40.4. The molecule has 3 saturated carbocycles. The number of hydrogen-bond donors (Lipinski definition) is 0. The molecule has 0 aliphatic heterocycles. The van der Waals surface area contributed by atoms with E-state index >= 15 is 0 Å². The highest BCUT2D eigenvalue weighted by Gasteiger charge is 2.38. The van der Waals surface area contributed by atoms with E-state index in [0.717, 1.165) is 36.0 Å². The lowest BCUT2D eigenvalue weighted by molar-refractivity contribution is 0.0917. The van der Waals surface area contributed by atoms with Gasteiger partial charge in [0, 0.05) is 0 Å². The van der Waals surface area contributed by atoms with Gasteiger partial charge in [0.1, 0.15) is 0 Å². The monoisotopic (exact) mass is 371 g/mol. The van der Waals surface area contributed by atoms with Gasteiger partial charge in [0.25, 0.3) is 0 Å². The Morgan fingerprint density at radius 3 is 1.63 bits per heavy atom. The third-order valence-electron chi connectivity index (χ3n) is 9.16. The minimum absolute atomic E-state index is 0.0312. The van der Waals surface area contributed by atoms with Gasteiger partial charge in [-0.05, 0) is 100 Å². The zero-order valence-corrected chi connectivity index (χ0v) is 18.4. The van der Waals surface area contributed by atoms with Gasteiger partial charge in [0.2, 0.25) is 0 Å². The third-order valence-corrected chi connectivity index (χ3v) is 9.16. The molecular formula is C26H45N. The van der Waals surface area contributed by atoms with Crippen LogP contribution < -0.4 is 0 Å². The van der Waals surface area contributed by atoms with Gasteiger partial charge in [0.15, 0.2) is 0 Å². The standard InChI is InChI=1S/C26H45N/c1-3-5-6-7-21-8-10-22(11-9-21)23-12-14-24(15-13-23)25-16-18-26(4-2,20-27)19-17-25/h21-25H,3-19H2,1-2H3. The number of unbranched alkanes of at least 4 members (excludes halogenated alkanes) is 2. The molecule has 0 radical (unpaired) electrons. The van der Waals surface area contributed by atoms with Gasteiger partial charge in [0.05, 0.1) is 11.5 Å². The molecule has 1 heteroatoms. The van der Waals surface area contributed by atoms with E-state index in [1.165, 1.54) is 103 Å². The van der Waals surface area contributed by atoms with Crippen molar-refractivity contribution < 1.29 is 0 Å². The molecule has 0 aromatic heterocycles. The van der Waals surface area contributed by atoms with E-state index in [4.69, 9.17) is 0 Å². The first kappa shape index (κ1) is 21.2. The molecule has 3 aliphatic carbocycles. The van der Waals surface area contributed by atoms with Gasteiger partial charge in [-0.15, -0.1) is 0 Å². The molecule has 0 saturated heterocycles. The molecule has 0 spiro atoms. The number of hydrogen-bond acceptors (Lipinski definition) is 1. The van der Waals surface area contributed by atoms with Crippen molar-refractivity contribution in [3.63, 3.8) is 0 Å². The zero-order valence-electron chi connectivity index (χ0n) is 18.4. The predicted molar refractivity (Wildman–Crippen MR) is 115 cm³/mol. The van der Waals surface area contributed by atoms with Gasteiger partial charge in [-0.3, -0.25) is 0 Å². The molecule has 154 valence electrons. The highest BCUT2D eigenvalue weighted by molar-refractivity contribution is 5.01. The Kier molecular flexibility index (Phi) is 8.10. The Balaban J connectivity index is 1.36. The van der Waals surface area contributed by atoms with Crippen molar-refractivity contribution in [2.45, 2.75) is 123 Å². The Hall–Kier alpha value is -0.510. The summed E-state index contributed by atoms with van der Waals surface area (Å²) in [6, 6.07) is 2.66. The zero-order chi connectivity index (χ0) is 19.1. The van der Waals surface area contributed by atoms with E-state index in [0.29, 0.717) is 0 Å². The summed E-state index contributed by atoms with van der Waals surface area (Å²) in [5.74, 6) is 5.10. The van der Waals surface area contributed by atoms with Gasteiger partial charge < -0.3 is 0 Å². The quantitative estimate of drug-likeness (QED) is 0.413. The van der Waals surface area contributed by atoms with Gasteiger partial charge in [-0.2, -0.15) is 5.26 Å². The highest BCUT2D eigenvalue weighted by Crippen LogP contribution is 2.49. The Morgan fingerprint density at radius 2 is 1.19 bits per heavy atom. The summed E-state index contributed by atoms with van der Waals surface area (Å²) in [4.78, 5) is 0. The molecule has 3 fully saturated rings. The van der Waals surface area contributed by atoms with Crippen LogP contribution in [0.25, 0.3) is 0 Å². The van der Waals surface area contributed by atoms with E-state index in [2.05, 4.69) is 19.9 Å². The number of rotatable bonds is 7. The predicted octanol–water partition coefficient (Wildman–Crippen LogP) is 8.29. The molecule has 0 bridgehead atoms. The van der Waals surface area contributed by atoms with E-state index in [9.17, 15) is 5.26 Å². The Morgan fingerprint density at radius 1 is 0.704 bits per heavy atom. The van der Waals surface area contributed by atoms with E-state index < -0.39 is 0 Å². The van der Waals surface area contributed by atoms with Crippen molar-refractivity contribution in [2.75, 3.05) is 0 Å². The second-order valence-electron chi connectivity index (χ2n) is 10.5. The first-order valence-corrected chi connectivity index (χ1v) is 12.6. The highest BCUT2D eigenvalue weighted by atomic mass is 14.4. The van der Waals surface area contributed by atoms with Crippen LogP contribution in [-0.4, -0.2) is 0 Å². The number of nitrogens with zero attached hydrogens (tertiary/aromatic N) is 1. The maximum atomic E-state index is 9.55. The molecule has 27 heavy (non-hydrogen) atoms. The van der Waals surface area contributed by atoms with Gasteiger partial charge >= 0.3 is 0 Å². The number of nitriles is 1. The van der Waals surface area contributed by atoms with Crippen LogP contribution in [0.15, 0.2) is 0 Å². The van der Waals surface area contributed by atoms with Crippen LogP contribution in [0.3, 0.4) is 0 Å². The molecule has 0 N–H and O–H groups in total. The third kappa shape index (κ3) is 5.52. The molecule has 0 atom stereocenters. The summed E-state index contributed by atoms with van der Waals surface area (Å²) >= 11 is 0. The molecule has 0 aromatic carbocycles. The molecular weight excluding hydrogens is 326 g/mol. The second kappa shape index (κ2) is 10.3. The maximum Gasteiger partial charge on any atom is 0.0689 e. The van der Waals surface area contributed by atoms with E-state index in [-0.39, 0.29) is 5.41 Å². The van der Waals surface area contributed by atoms with Crippen LogP contribution in [0.5, 0.6) is 0 Å². The van der Waals surface area contributed by atoms with Crippen LogP contribution in [-0.2, 0) is 0 Å². The van der Waals surface area contributed by atoms with E-state index in [1.54, 1.807) is 0 Å². The average Bonchev–Trinajstić information content (AvgIpc) is 2.75. The minimum Gasteiger partial charge on any atom is -0.198 e. The topological polar surface area (TPSA) is 23.8 Å². The van der Waals surface area contributed by atoms with Gasteiger partial charge in [-0.1, -0.05) is 52.4 Å². The fraction of sp³-hybridized carbons (Fsp3) is 0.962. The molecule has 3 rings (SSSR count). The van der Waals surface area contributed by atoms with Crippen molar-refractivity contribution in [2.24, 2.45) is 35.0 Å². The van der Waals surface area contributed by atoms with Crippen LogP contribution in [0.1, 0.15) is 123 Å². The summed E-state index contributed by atoms with van der Waals surface area (Å²) in [6.07, 6.45) is 24.0. The lowest BCUT2D eigenvalue weighted by Crippen LogP contribution is -2.32. The molecule has 0 aromatic rings. The summed E-state index contributed by atoms with van der Waals surface area (Å²) in [7, 11) is 0. The van der Waals surface area contributed by atoms with Crippen LogP contribution >= 0.6 is 0 Å². The fourth-order valence-corrected chi connectivity index (χ4v) is 6.93. The maximum absolute atomic E-state index is 9.55. The lowest BCUT2D eigenvalue weighted by Gasteiger charge is -2.42. The Bertz CT molecular complexity index is 451. The Labute approximate surface area is 169 Å². The van der Waals surface area contributed by atoms with Crippen LogP contribution in [0.4, 0.5) is 0 Å². The SMILES string of the molecule is CCCCCC1CCC(C2CCC(C3CCC(C#N)(CC)CC3)CC2)CC1. The first-order chi connectivity index (χ1) is 13.2. The van der Waals surface area contributed by atoms with Crippen LogP contribution in [0, 0.1) is 46.3 Å². The summed E-state index contributed by atoms with van der Waals surface area (Å²) in [5.41, 5.74) is 0.0312. The summed E-state index contributed by atoms with van der Waals surface area (Å²) in [5, 5.41) is 9.55. The molecule has 3 aliphatic rings. The molecule has 0 heterocycles. The lowest BCUT2D eigenvalue weighted by atomic mass is 9.62.